The Balaban J connectivity index is 1.74. The van der Waals surface area contributed by atoms with E-state index in [4.69, 9.17) is 4.42 Å². The van der Waals surface area contributed by atoms with Crippen molar-refractivity contribution in [3.05, 3.63) is 54.0 Å². The second kappa shape index (κ2) is 6.20. The highest BCUT2D eigenvalue weighted by atomic mass is 19.1. The van der Waals surface area contributed by atoms with Gasteiger partial charge in [0.2, 0.25) is 5.91 Å². The van der Waals surface area contributed by atoms with Gasteiger partial charge in [-0.2, -0.15) is 0 Å². The van der Waals surface area contributed by atoms with Crippen molar-refractivity contribution in [2.75, 3.05) is 11.9 Å². The SMILES string of the molecule is O=C(Nc1cc(F)cc(F)c1)C1CCCN1C(=O)c1ccco1. The first-order chi connectivity index (χ1) is 11.0. The van der Waals surface area contributed by atoms with E-state index >= 15 is 0 Å². The summed E-state index contributed by atoms with van der Waals surface area (Å²) in [7, 11) is 0. The molecule has 0 saturated carbocycles. The topological polar surface area (TPSA) is 62.6 Å². The Kier molecular flexibility index (Phi) is 4.10. The summed E-state index contributed by atoms with van der Waals surface area (Å²) in [4.78, 5) is 26.1. The zero-order valence-corrected chi connectivity index (χ0v) is 12.1. The summed E-state index contributed by atoms with van der Waals surface area (Å²) >= 11 is 0. The molecule has 1 aromatic carbocycles. The Morgan fingerprint density at radius 1 is 1.22 bits per heavy atom. The van der Waals surface area contributed by atoms with Crippen LogP contribution in [0.4, 0.5) is 14.5 Å². The number of hydrogen-bond acceptors (Lipinski definition) is 3. The molecule has 7 heteroatoms. The van der Waals surface area contributed by atoms with E-state index in [0.29, 0.717) is 19.4 Å². The maximum Gasteiger partial charge on any atom is 0.290 e. The molecular formula is C16H14F2N2O3. The molecule has 1 aliphatic heterocycles. The molecule has 2 heterocycles. The third kappa shape index (κ3) is 3.23. The summed E-state index contributed by atoms with van der Waals surface area (Å²) < 4.78 is 31.4. The first-order valence-corrected chi connectivity index (χ1v) is 7.16. The molecule has 1 aliphatic rings. The predicted octanol–water partition coefficient (Wildman–Crippen LogP) is 2.80. The van der Waals surface area contributed by atoms with Gasteiger partial charge in [0.15, 0.2) is 5.76 Å². The van der Waals surface area contributed by atoms with Crippen molar-refractivity contribution in [3.8, 4) is 0 Å². The molecule has 5 nitrogen and oxygen atoms in total. The van der Waals surface area contributed by atoms with Crippen molar-refractivity contribution in [2.45, 2.75) is 18.9 Å². The van der Waals surface area contributed by atoms with Crippen molar-refractivity contribution in [2.24, 2.45) is 0 Å². The van der Waals surface area contributed by atoms with Crippen LogP contribution in [0.1, 0.15) is 23.4 Å². The van der Waals surface area contributed by atoms with Crippen molar-refractivity contribution in [1.29, 1.82) is 0 Å². The standard InChI is InChI=1S/C16H14F2N2O3/c17-10-7-11(18)9-12(8-10)19-15(21)13-3-1-5-20(13)16(22)14-4-2-6-23-14/h2,4,6-9,13H,1,3,5H2,(H,19,21). The summed E-state index contributed by atoms with van der Waals surface area (Å²) in [6, 6.07) is 5.19. The molecule has 0 aliphatic carbocycles. The van der Waals surface area contributed by atoms with Crippen LogP contribution in [0.25, 0.3) is 0 Å². The van der Waals surface area contributed by atoms with Crippen molar-refractivity contribution >= 4 is 17.5 Å². The number of nitrogens with zero attached hydrogens (tertiary/aromatic N) is 1. The summed E-state index contributed by atoms with van der Waals surface area (Å²) in [5, 5.41) is 2.45. The lowest BCUT2D eigenvalue weighted by Crippen LogP contribution is -2.43. The van der Waals surface area contributed by atoms with Gasteiger partial charge in [0.05, 0.1) is 6.26 Å². The maximum atomic E-state index is 13.2. The average Bonchev–Trinajstić information content (AvgIpc) is 3.17. The second-order valence-corrected chi connectivity index (χ2v) is 5.28. The van der Waals surface area contributed by atoms with Gasteiger partial charge in [0.25, 0.3) is 5.91 Å². The lowest BCUT2D eigenvalue weighted by atomic mass is 10.2. The molecular weight excluding hydrogens is 306 g/mol. The smallest absolute Gasteiger partial charge is 0.290 e. The van der Waals surface area contributed by atoms with Crippen molar-refractivity contribution in [3.63, 3.8) is 0 Å². The van der Waals surface area contributed by atoms with Crippen LogP contribution < -0.4 is 5.32 Å². The molecule has 2 amide bonds. The normalized spacial score (nSPS) is 17.3. The monoisotopic (exact) mass is 320 g/mol. The van der Waals surface area contributed by atoms with E-state index in [2.05, 4.69) is 5.32 Å². The first-order valence-electron chi connectivity index (χ1n) is 7.16. The lowest BCUT2D eigenvalue weighted by Gasteiger charge is -2.23. The molecule has 0 spiro atoms. The van der Waals surface area contributed by atoms with Crippen LogP contribution in [0.15, 0.2) is 41.0 Å². The number of benzene rings is 1. The molecule has 1 N–H and O–H groups in total. The number of hydrogen-bond donors (Lipinski definition) is 1. The maximum absolute atomic E-state index is 13.2. The molecule has 3 rings (SSSR count). The highest BCUT2D eigenvalue weighted by molar-refractivity contribution is 6.00. The number of anilines is 1. The van der Waals surface area contributed by atoms with Gasteiger partial charge >= 0.3 is 0 Å². The van der Waals surface area contributed by atoms with E-state index in [1.165, 1.54) is 17.2 Å². The van der Waals surface area contributed by atoms with E-state index in [9.17, 15) is 18.4 Å². The van der Waals surface area contributed by atoms with Crippen LogP contribution in [0.5, 0.6) is 0 Å². The lowest BCUT2D eigenvalue weighted by molar-refractivity contribution is -0.119. The number of halogens is 2. The Bertz CT molecular complexity index is 711. The molecule has 1 unspecified atom stereocenters. The van der Waals surface area contributed by atoms with Gasteiger partial charge in [-0.25, -0.2) is 8.78 Å². The average molecular weight is 320 g/mol. The summed E-state index contributed by atoms with van der Waals surface area (Å²) in [6.07, 6.45) is 2.53. The Hall–Kier alpha value is -2.70. The number of nitrogens with one attached hydrogen (secondary N) is 1. The molecule has 1 aromatic heterocycles. The highest BCUT2D eigenvalue weighted by Crippen LogP contribution is 2.22. The van der Waals surface area contributed by atoms with Gasteiger partial charge in [-0.15, -0.1) is 0 Å². The fourth-order valence-corrected chi connectivity index (χ4v) is 2.68. The van der Waals surface area contributed by atoms with Crippen LogP contribution in [0, 0.1) is 11.6 Å². The molecule has 120 valence electrons. The van der Waals surface area contributed by atoms with E-state index in [0.717, 1.165) is 18.2 Å². The zero-order valence-electron chi connectivity index (χ0n) is 12.1. The van der Waals surface area contributed by atoms with Crippen molar-refractivity contribution in [1.82, 2.24) is 4.90 Å². The zero-order chi connectivity index (χ0) is 16.4. The van der Waals surface area contributed by atoms with Crippen molar-refractivity contribution < 1.29 is 22.8 Å². The molecule has 23 heavy (non-hydrogen) atoms. The Morgan fingerprint density at radius 3 is 2.61 bits per heavy atom. The summed E-state index contributed by atoms with van der Waals surface area (Å²) in [5.41, 5.74) is 0.0183. The highest BCUT2D eigenvalue weighted by Gasteiger charge is 2.35. The predicted molar refractivity (Wildman–Crippen MR) is 77.8 cm³/mol. The molecule has 0 radical (unpaired) electrons. The van der Waals surface area contributed by atoms with Gasteiger partial charge in [-0.05, 0) is 37.1 Å². The second-order valence-electron chi connectivity index (χ2n) is 5.28. The quantitative estimate of drug-likeness (QED) is 0.946. The first kappa shape index (κ1) is 15.2. The van der Waals surface area contributed by atoms with Crippen LogP contribution in [0.2, 0.25) is 0 Å². The van der Waals surface area contributed by atoms with Crippen LogP contribution >= 0.6 is 0 Å². The van der Waals surface area contributed by atoms with Crippen LogP contribution in [-0.4, -0.2) is 29.3 Å². The van der Waals surface area contributed by atoms with Gasteiger partial charge in [0, 0.05) is 18.3 Å². The van der Waals surface area contributed by atoms with Gasteiger partial charge in [0.1, 0.15) is 17.7 Å². The molecule has 1 saturated heterocycles. The third-order valence-electron chi connectivity index (χ3n) is 3.68. The largest absolute Gasteiger partial charge is 0.459 e. The number of rotatable bonds is 3. The summed E-state index contributed by atoms with van der Waals surface area (Å²) in [6.45, 7) is 0.426. The van der Waals surface area contributed by atoms with Crippen LogP contribution in [0.3, 0.4) is 0 Å². The molecule has 1 fully saturated rings. The van der Waals surface area contributed by atoms with E-state index in [1.807, 2.05) is 0 Å². The number of furan rings is 1. The molecule has 2 aromatic rings. The minimum Gasteiger partial charge on any atom is -0.459 e. The van der Waals surface area contributed by atoms with Crippen LogP contribution in [-0.2, 0) is 4.79 Å². The number of carbonyl (C=O) groups excluding carboxylic acids is 2. The van der Waals surface area contributed by atoms with E-state index < -0.39 is 23.6 Å². The Morgan fingerprint density at radius 2 is 1.96 bits per heavy atom. The minimum atomic E-state index is -0.782. The molecule has 0 bridgehead atoms. The molecule has 1 atom stereocenters. The van der Waals surface area contributed by atoms with Gasteiger partial charge in [-0.1, -0.05) is 0 Å². The van der Waals surface area contributed by atoms with E-state index in [1.54, 1.807) is 6.07 Å². The van der Waals surface area contributed by atoms with E-state index in [-0.39, 0.29) is 17.4 Å². The number of amides is 2. The fourth-order valence-electron chi connectivity index (χ4n) is 2.68. The summed E-state index contributed by atoms with van der Waals surface area (Å²) in [5.74, 6) is -2.27. The fraction of sp³-hybridized carbons (Fsp3) is 0.250. The van der Waals surface area contributed by atoms with Gasteiger partial charge in [-0.3, -0.25) is 9.59 Å². The van der Waals surface area contributed by atoms with Gasteiger partial charge < -0.3 is 14.6 Å². The Labute approximate surface area is 130 Å². The third-order valence-corrected chi connectivity index (χ3v) is 3.68. The number of likely N-dealkylation sites (tertiary alicyclic amines) is 1. The number of carbonyl (C=O) groups is 2. The minimum absolute atomic E-state index is 0.0183.